The zero-order valence-electron chi connectivity index (χ0n) is 13.2. The molecule has 0 spiro atoms. The highest BCUT2D eigenvalue weighted by Crippen LogP contribution is 2.26. The molecule has 0 bridgehead atoms. The van der Waals surface area contributed by atoms with E-state index in [1.165, 1.54) is 12.1 Å². The first-order valence-electron chi connectivity index (χ1n) is 7.06. The predicted molar refractivity (Wildman–Crippen MR) is 92.7 cm³/mol. The minimum absolute atomic E-state index is 0.0335. The van der Waals surface area contributed by atoms with Gasteiger partial charge in [-0.05, 0) is 11.6 Å². The molecule has 1 N–H and O–H groups in total. The van der Waals surface area contributed by atoms with Crippen LogP contribution in [0.25, 0.3) is 0 Å². The Morgan fingerprint density at radius 3 is 2.38 bits per heavy atom. The number of nitro benzene ring substituents is 1. The molecule has 0 atom stereocenters. The van der Waals surface area contributed by atoms with Crippen molar-refractivity contribution < 1.29 is 13.3 Å². The van der Waals surface area contributed by atoms with Gasteiger partial charge in [-0.3, -0.25) is 15.5 Å². The molecule has 26 heavy (non-hydrogen) atoms. The van der Waals surface area contributed by atoms with Gasteiger partial charge in [0.2, 0.25) is 5.71 Å². The lowest BCUT2D eigenvalue weighted by Crippen LogP contribution is -2.07. The fourth-order valence-electron chi connectivity index (χ4n) is 2.01. The van der Waals surface area contributed by atoms with Gasteiger partial charge in [-0.2, -0.15) is 15.6 Å². The summed E-state index contributed by atoms with van der Waals surface area (Å²) in [7, 11) is -3.86. The molecule has 0 fully saturated rings. The molecular weight excluding hydrogens is 358 g/mol. The number of anilines is 1. The second-order valence-corrected chi connectivity index (χ2v) is 7.00. The summed E-state index contributed by atoms with van der Waals surface area (Å²) in [6, 6.07) is 14.5. The summed E-state index contributed by atoms with van der Waals surface area (Å²) in [5.74, 6) is -0.334. The van der Waals surface area contributed by atoms with E-state index in [9.17, 15) is 18.5 Å². The summed E-state index contributed by atoms with van der Waals surface area (Å²) in [5, 5.41) is 31.8. The summed E-state index contributed by atoms with van der Waals surface area (Å²) in [5.41, 5.74) is 1.81. The van der Waals surface area contributed by atoms with Crippen molar-refractivity contribution in [2.45, 2.75) is 10.6 Å². The number of hydrogen-bond donors (Lipinski definition) is 1. The standard InChI is InChI=1S/C16H11N5O4S/c17-9-14(10-18)20-19-13-6-15(21(22)23)8-16(7-13)26(24,25)11-12-4-2-1-3-5-12/h1-8,19H,11H2. The van der Waals surface area contributed by atoms with Crippen LogP contribution >= 0.6 is 0 Å². The van der Waals surface area contributed by atoms with E-state index in [0.29, 0.717) is 5.56 Å². The molecule has 2 aromatic rings. The quantitative estimate of drug-likeness (QED) is 0.466. The molecule has 0 unspecified atom stereocenters. The van der Waals surface area contributed by atoms with Crippen molar-refractivity contribution in [2.24, 2.45) is 5.10 Å². The molecule has 130 valence electrons. The van der Waals surface area contributed by atoms with Gasteiger partial charge in [0.05, 0.1) is 21.3 Å². The summed E-state index contributed by atoms with van der Waals surface area (Å²) >= 11 is 0. The van der Waals surface area contributed by atoms with Crippen LogP contribution in [0, 0.1) is 32.8 Å². The maximum Gasteiger partial charge on any atom is 0.272 e. The van der Waals surface area contributed by atoms with Crippen LogP contribution in [0.15, 0.2) is 58.5 Å². The molecule has 0 aliphatic heterocycles. The van der Waals surface area contributed by atoms with E-state index in [2.05, 4.69) is 10.5 Å². The van der Waals surface area contributed by atoms with Crippen molar-refractivity contribution in [3.05, 3.63) is 64.2 Å². The fraction of sp³-hybridized carbons (Fsp3) is 0.0625. The Kier molecular flexibility index (Phi) is 5.63. The highest BCUT2D eigenvalue weighted by Gasteiger charge is 2.20. The van der Waals surface area contributed by atoms with Crippen LogP contribution < -0.4 is 5.43 Å². The minimum Gasteiger partial charge on any atom is -0.276 e. The van der Waals surface area contributed by atoms with Crippen molar-refractivity contribution in [2.75, 3.05) is 5.43 Å². The van der Waals surface area contributed by atoms with Gasteiger partial charge in [-0.25, -0.2) is 8.42 Å². The van der Waals surface area contributed by atoms with Crippen LogP contribution in [0.1, 0.15) is 5.56 Å². The third kappa shape index (κ3) is 4.63. The maximum absolute atomic E-state index is 12.6. The van der Waals surface area contributed by atoms with Gasteiger partial charge in [0.1, 0.15) is 12.1 Å². The zero-order chi connectivity index (χ0) is 19.2. The van der Waals surface area contributed by atoms with Gasteiger partial charge in [0.15, 0.2) is 9.84 Å². The van der Waals surface area contributed by atoms with Crippen LogP contribution in [0.3, 0.4) is 0 Å². The van der Waals surface area contributed by atoms with Gasteiger partial charge in [-0.15, -0.1) is 0 Å². The van der Waals surface area contributed by atoms with E-state index in [1.54, 1.807) is 30.3 Å². The number of nitriles is 2. The van der Waals surface area contributed by atoms with E-state index in [-0.39, 0.29) is 16.3 Å². The topological polar surface area (TPSA) is 149 Å². The third-order valence-electron chi connectivity index (χ3n) is 3.17. The van der Waals surface area contributed by atoms with Crippen LogP contribution in [0.5, 0.6) is 0 Å². The molecule has 2 aromatic carbocycles. The van der Waals surface area contributed by atoms with Gasteiger partial charge in [0, 0.05) is 12.1 Å². The Morgan fingerprint density at radius 1 is 1.15 bits per heavy atom. The van der Waals surface area contributed by atoms with Gasteiger partial charge >= 0.3 is 0 Å². The van der Waals surface area contributed by atoms with Crippen LogP contribution in [-0.4, -0.2) is 19.1 Å². The van der Waals surface area contributed by atoms with E-state index >= 15 is 0 Å². The number of benzene rings is 2. The van der Waals surface area contributed by atoms with E-state index < -0.39 is 26.2 Å². The van der Waals surface area contributed by atoms with E-state index in [0.717, 1.165) is 18.2 Å². The number of sulfone groups is 1. The molecule has 0 aromatic heterocycles. The molecule has 0 saturated carbocycles. The van der Waals surface area contributed by atoms with Crippen molar-refractivity contribution >= 4 is 26.9 Å². The summed E-state index contributed by atoms with van der Waals surface area (Å²) < 4.78 is 25.2. The first kappa shape index (κ1) is 18.6. The first-order valence-corrected chi connectivity index (χ1v) is 8.71. The smallest absolute Gasteiger partial charge is 0.272 e. The maximum atomic E-state index is 12.6. The number of rotatable bonds is 6. The average molecular weight is 369 g/mol. The van der Waals surface area contributed by atoms with Crippen LogP contribution in [-0.2, 0) is 15.6 Å². The number of nitrogens with one attached hydrogen (secondary N) is 1. The molecule has 0 saturated heterocycles. The summed E-state index contributed by atoms with van der Waals surface area (Å²) in [6.45, 7) is 0. The molecule has 0 radical (unpaired) electrons. The molecule has 2 rings (SSSR count). The second kappa shape index (κ2) is 7.88. The Morgan fingerprint density at radius 2 is 1.81 bits per heavy atom. The Bertz CT molecular complexity index is 1030. The molecular formula is C16H11N5O4S. The van der Waals surface area contributed by atoms with Crippen LogP contribution in [0.4, 0.5) is 11.4 Å². The van der Waals surface area contributed by atoms with Crippen molar-refractivity contribution in [3.8, 4) is 12.1 Å². The summed E-state index contributed by atoms with van der Waals surface area (Å²) in [4.78, 5) is 10.1. The SMILES string of the molecule is N#CC(C#N)=NNc1cc([N+](=O)[O-])cc(S(=O)(=O)Cc2ccccc2)c1. The number of hydrazone groups is 1. The lowest BCUT2D eigenvalue weighted by atomic mass is 10.2. The van der Waals surface area contributed by atoms with Gasteiger partial charge in [0.25, 0.3) is 5.69 Å². The molecule has 0 aliphatic carbocycles. The number of hydrogen-bond acceptors (Lipinski definition) is 8. The van der Waals surface area contributed by atoms with E-state index in [4.69, 9.17) is 10.5 Å². The molecule has 0 amide bonds. The minimum atomic E-state index is -3.86. The zero-order valence-corrected chi connectivity index (χ0v) is 14.0. The van der Waals surface area contributed by atoms with Crippen LogP contribution in [0.2, 0.25) is 0 Å². The van der Waals surface area contributed by atoms with Crippen molar-refractivity contribution in [1.82, 2.24) is 0 Å². The van der Waals surface area contributed by atoms with Gasteiger partial charge in [-0.1, -0.05) is 30.3 Å². The fourth-order valence-corrected chi connectivity index (χ4v) is 3.41. The first-order chi connectivity index (χ1) is 12.4. The predicted octanol–water partition coefficient (Wildman–Crippen LogP) is 2.38. The largest absolute Gasteiger partial charge is 0.276 e. The Labute approximate surface area is 148 Å². The number of non-ortho nitro benzene ring substituents is 1. The third-order valence-corrected chi connectivity index (χ3v) is 4.84. The molecule has 0 aliphatic rings. The molecule has 0 heterocycles. The van der Waals surface area contributed by atoms with Crippen molar-refractivity contribution in [3.63, 3.8) is 0 Å². The highest BCUT2D eigenvalue weighted by molar-refractivity contribution is 7.90. The number of nitrogens with zero attached hydrogens (tertiary/aromatic N) is 4. The molecule has 9 nitrogen and oxygen atoms in total. The normalized spacial score (nSPS) is 10.2. The number of nitro groups is 1. The monoisotopic (exact) mass is 369 g/mol. The Balaban J connectivity index is 2.45. The highest BCUT2D eigenvalue weighted by atomic mass is 32.2. The Hall–Kier alpha value is -3.76. The lowest BCUT2D eigenvalue weighted by molar-refractivity contribution is -0.385. The summed E-state index contributed by atoms with van der Waals surface area (Å²) in [6.07, 6.45) is 0. The van der Waals surface area contributed by atoms with Gasteiger partial charge < -0.3 is 0 Å². The van der Waals surface area contributed by atoms with E-state index in [1.807, 2.05) is 0 Å². The second-order valence-electron chi connectivity index (χ2n) is 5.01. The molecule has 10 heteroatoms. The van der Waals surface area contributed by atoms with Crippen molar-refractivity contribution in [1.29, 1.82) is 10.5 Å². The lowest BCUT2D eigenvalue weighted by Gasteiger charge is -2.07. The average Bonchev–Trinajstić information content (AvgIpc) is 2.62.